The van der Waals surface area contributed by atoms with Gasteiger partial charge < -0.3 is 18.3 Å². The Bertz CT molecular complexity index is 3140. The standard InChI is InChI=1S/2C28H31N2O3S.Zn/c2*1-18-8-12-21(13-9-18)34(31,32)30-23-14-10-19(27(2,3)4)16-22(23)26-29-24-15-11-20(28(5,6)7)17-25(24)33-26;/h2*8-17H,1-7H3;/q2*-1;+2. The molecular formula is C56H62N4O6S2Zn. The Hall–Kier alpha value is -5.62. The van der Waals surface area contributed by atoms with E-state index in [2.05, 4.69) is 102 Å². The van der Waals surface area contributed by atoms with Gasteiger partial charge in [-0.15, -0.1) is 11.4 Å². The van der Waals surface area contributed by atoms with Crippen molar-refractivity contribution in [1.82, 2.24) is 9.97 Å². The number of nitrogens with zero attached hydrogens (tertiary/aromatic N) is 4. The fraction of sp³-hybridized carbons (Fsp3) is 0.321. The van der Waals surface area contributed by atoms with Gasteiger partial charge in [0.15, 0.2) is 11.2 Å². The molecule has 2 aromatic heterocycles. The zero-order valence-corrected chi connectivity index (χ0v) is 46.9. The van der Waals surface area contributed by atoms with Crippen molar-refractivity contribution < 1.29 is 45.1 Å². The monoisotopic (exact) mass is 1010 g/mol. The maximum atomic E-state index is 13.1. The van der Waals surface area contributed by atoms with Gasteiger partial charge in [0.05, 0.1) is 9.79 Å². The van der Waals surface area contributed by atoms with Gasteiger partial charge in [-0.3, -0.25) is 0 Å². The Kier molecular flexibility index (Phi) is 14.7. The summed E-state index contributed by atoms with van der Waals surface area (Å²) in [5.74, 6) is 0.704. The number of aromatic nitrogens is 2. The molecule has 0 aliphatic heterocycles. The Labute approximate surface area is 421 Å². The van der Waals surface area contributed by atoms with Crippen molar-refractivity contribution >= 4 is 53.6 Å². The summed E-state index contributed by atoms with van der Waals surface area (Å²) in [5, 5.41) is 0. The molecule has 0 saturated carbocycles. The van der Waals surface area contributed by atoms with Crippen molar-refractivity contribution in [3.63, 3.8) is 0 Å². The molecule has 2 heterocycles. The van der Waals surface area contributed by atoms with E-state index in [9.17, 15) is 16.8 Å². The van der Waals surface area contributed by atoms with Gasteiger partial charge in [0.1, 0.15) is 31.1 Å². The fourth-order valence-electron chi connectivity index (χ4n) is 7.30. The van der Waals surface area contributed by atoms with Crippen molar-refractivity contribution in [3.8, 4) is 22.9 Å². The van der Waals surface area contributed by atoms with Gasteiger partial charge in [-0.25, -0.2) is 26.8 Å². The smallest absolute Gasteiger partial charge is 0.572 e. The van der Waals surface area contributed by atoms with Gasteiger partial charge in [0.2, 0.25) is 11.8 Å². The molecule has 13 heteroatoms. The minimum absolute atomic E-state index is 0. The third kappa shape index (κ3) is 12.2. The summed E-state index contributed by atoms with van der Waals surface area (Å²) in [4.78, 5) is 9.66. The van der Waals surface area contributed by atoms with E-state index in [-0.39, 0.29) is 50.9 Å². The van der Waals surface area contributed by atoms with Crippen molar-refractivity contribution in [1.29, 1.82) is 0 Å². The average molecular weight is 1020 g/mol. The number of fused-ring (bicyclic) bond motifs is 2. The molecule has 0 bridgehead atoms. The predicted octanol–water partition coefficient (Wildman–Crippen LogP) is 15.6. The molecule has 69 heavy (non-hydrogen) atoms. The fourth-order valence-corrected chi connectivity index (χ4v) is 9.31. The van der Waals surface area contributed by atoms with E-state index in [4.69, 9.17) is 8.83 Å². The molecule has 0 fully saturated rings. The Balaban J connectivity index is 0.000000224. The number of hydrogen-bond acceptors (Lipinski definition) is 8. The first-order valence-corrected chi connectivity index (χ1v) is 25.6. The van der Waals surface area contributed by atoms with E-state index in [0.717, 1.165) is 44.4 Å². The molecule has 0 N–H and O–H groups in total. The molecular weight excluding hydrogens is 954 g/mol. The number of sulfonamides is 2. The van der Waals surface area contributed by atoms with Crippen LogP contribution in [0.2, 0.25) is 0 Å². The summed E-state index contributed by atoms with van der Waals surface area (Å²) in [7, 11) is -7.82. The molecule has 0 unspecified atom stereocenters. The first kappa shape index (κ1) is 52.7. The van der Waals surface area contributed by atoms with Crippen molar-refractivity contribution in [3.05, 3.63) is 164 Å². The van der Waals surface area contributed by atoms with Gasteiger partial charge in [0, 0.05) is 11.1 Å². The molecule has 0 saturated heterocycles. The van der Waals surface area contributed by atoms with Gasteiger partial charge in [-0.2, -0.15) is 0 Å². The maximum Gasteiger partial charge on any atom is 2.00 e. The molecule has 10 nitrogen and oxygen atoms in total. The Morgan fingerprint density at radius 1 is 0.406 bits per heavy atom. The Morgan fingerprint density at radius 2 is 0.696 bits per heavy atom. The van der Waals surface area contributed by atoms with Gasteiger partial charge in [0.25, 0.3) is 0 Å². The maximum absolute atomic E-state index is 13.1. The predicted molar refractivity (Wildman–Crippen MR) is 276 cm³/mol. The van der Waals surface area contributed by atoms with Crippen LogP contribution >= 0.6 is 0 Å². The van der Waals surface area contributed by atoms with Crippen LogP contribution in [0.1, 0.15) is 116 Å². The van der Waals surface area contributed by atoms with Crippen molar-refractivity contribution in [2.45, 2.75) is 128 Å². The number of rotatable bonds is 8. The second-order valence-corrected chi connectivity index (χ2v) is 24.8. The molecule has 6 aromatic carbocycles. The van der Waals surface area contributed by atoms with E-state index >= 15 is 0 Å². The third-order valence-corrected chi connectivity index (χ3v) is 14.4. The summed E-state index contributed by atoms with van der Waals surface area (Å²) < 4.78 is 73.1. The minimum Gasteiger partial charge on any atom is -0.572 e. The first-order chi connectivity index (χ1) is 31.5. The van der Waals surface area contributed by atoms with Crippen molar-refractivity contribution in [2.75, 3.05) is 0 Å². The summed E-state index contributed by atoms with van der Waals surface area (Å²) in [6.07, 6.45) is 0. The molecule has 356 valence electrons. The molecule has 0 spiro atoms. The zero-order chi connectivity index (χ0) is 49.8. The van der Waals surface area contributed by atoms with Crippen LogP contribution in [0.4, 0.5) is 11.4 Å². The van der Waals surface area contributed by atoms with Crippen LogP contribution in [-0.4, -0.2) is 26.8 Å². The molecule has 0 radical (unpaired) electrons. The molecule has 0 aliphatic carbocycles. The average Bonchev–Trinajstić information content (AvgIpc) is 3.87. The SMILES string of the molecule is Cc1ccc(S(=O)(=O)[N-]c2ccc(C(C)(C)C)cc2-c2nc3ccc(C(C)(C)C)cc3o2)cc1.Cc1ccc(S(=O)(=O)[N-]c2ccc(C(C)(C)C)cc2-c2nc3ccc(C(C)(C)C)cc3o2)cc1.[Zn+2]. The van der Waals surface area contributed by atoms with E-state index in [1.54, 1.807) is 60.7 Å². The van der Waals surface area contributed by atoms with E-state index in [1.165, 1.54) is 0 Å². The van der Waals surface area contributed by atoms with E-state index in [1.807, 2.05) is 74.5 Å². The quantitative estimate of drug-likeness (QED) is 0.137. The number of aryl methyl sites for hydroxylation is 2. The van der Waals surface area contributed by atoms with Gasteiger partial charge in [-0.1, -0.05) is 155 Å². The van der Waals surface area contributed by atoms with E-state index < -0.39 is 20.0 Å². The number of hydrogen-bond donors (Lipinski definition) is 0. The summed E-state index contributed by atoms with van der Waals surface area (Å²) >= 11 is 0. The van der Waals surface area contributed by atoms with Crippen LogP contribution in [-0.2, 0) is 61.2 Å². The Morgan fingerprint density at radius 3 is 1.00 bits per heavy atom. The first-order valence-electron chi connectivity index (χ1n) is 22.7. The van der Waals surface area contributed by atoms with E-state index in [0.29, 0.717) is 45.4 Å². The molecule has 0 atom stereocenters. The van der Waals surface area contributed by atoms with Crippen molar-refractivity contribution in [2.24, 2.45) is 0 Å². The van der Waals surface area contributed by atoms with Gasteiger partial charge >= 0.3 is 19.5 Å². The van der Waals surface area contributed by atoms with Crippen LogP contribution in [0.3, 0.4) is 0 Å². The molecule has 8 aromatic rings. The summed E-state index contributed by atoms with van der Waals surface area (Å²) in [6, 6.07) is 36.5. The summed E-state index contributed by atoms with van der Waals surface area (Å²) in [5.41, 5.74) is 10.4. The minimum atomic E-state index is -3.91. The molecule has 0 aliphatic rings. The largest absolute Gasteiger partial charge is 2.00 e. The van der Waals surface area contributed by atoms with Crippen LogP contribution in [0.15, 0.2) is 140 Å². The number of benzene rings is 6. The van der Waals surface area contributed by atoms with Gasteiger partial charge in [-0.05, 0) is 118 Å². The second kappa shape index (κ2) is 19.3. The second-order valence-electron chi connectivity index (χ2n) is 21.6. The van der Waals surface area contributed by atoms with Crippen LogP contribution in [0.5, 0.6) is 0 Å². The molecule has 8 rings (SSSR count). The summed E-state index contributed by atoms with van der Waals surface area (Å²) in [6.45, 7) is 29.3. The molecule has 0 amide bonds. The zero-order valence-electron chi connectivity index (χ0n) is 42.3. The third-order valence-electron chi connectivity index (χ3n) is 11.8. The van der Waals surface area contributed by atoms with Crippen LogP contribution in [0.25, 0.3) is 54.6 Å². The van der Waals surface area contributed by atoms with Crippen LogP contribution in [0, 0.1) is 13.8 Å². The number of oxazole rings is 2. The van der Waals surface area contributed by atoms with Crippen LogP contribution < -0.4 is 0 Å². The normalized spacial score (nSPS) is 12.6. The topological polar surface area (TPSA) is 149 Å².